The smallest absolute Gasteiger partial charge is 0.322 e. The Morgan fingerprint density at radius 3 is 2.71 bits per heavy atom. The molecule has 1 aromatic carbocycles. The van der Waals surface area contributed by atoms with Crippen LogP contribution in [0.1, 0.15) is 18.7 Å². The highest BCUT2D eigenvalue weighted by atomic mass is 32.2. The van der Waals surface area contributed by atoms with Crippen LogP contribution in [0.5, 0.6) is 0 Å². The van der Waals surface area contributed by atoms with Gasteiger partial charge < -0.3 is 14.6 Å². The predicted octanol–water partition coefficient (Wildman–Crippen LogP) is 3.24. The fourth-order valence-electron chi connectivity index (χ4n) is 1.86. The number of carbonyl (C=O) groups excluding carboxylic acids is 1. The van der Waals surface area contributed by atoms with E-state index in [4.69, 9.17) is 4.42 Å². The fraction of sp³-hybridized carbons (Fsp3) is 0.267. The maximum Gasteiger partial charge on any atom is 0.322 e. The first-order chi connectivity index (χ1) is 9.99. The van der Waals surface area contributed by atoms with Crippen LogP contribution in [-0.4, -0.2) is 28.4 Å². The molecule has 0 spiro atoms. The number of nitrogens with one attached hydrogen (secondary N) is 1. The molecule has 0 saturated heterocycles. The summed E-state index contributed by atoms with van der Waals surface area (Å²) >= 11 is 0. The molecule has 1 aromatic heterocycles. The summed E-state index contributed by atoms with van der Waals surface area (Å²) in [6.07, 6.45) is 3.18. The van der Waals surface area contributed by atoms with Crippen molar-refractivity contribution in [1.82, 2.24) is 4.90 Å². The van der Waals surface area contributed by atoms with E-state index in [9.17, 15) is 9.00 Å². The first-order valence-corrected chi connectivity index (χ1v) is 8.05. The molecule has 0 aliphatic heterocycles. The molecule has 0 saturated carbocycles. The quantitative estimate of drug-likeness (QED) is 0.943. The number of furan rings is 1. The largest absolute Gasteiger partial charge is 0.467 e. The average molecular weight is 306 g/mol. The second kappa shape index (κ2) is 6.58. The van der Waals surface area contributed by atoms with Crippen molar-refractivity contribution in [2.75, 3.05) is 18.6 Å². The molecule has 2 atom stereocenters. The Labute approximate surface area is 126 Å². The molecule has 5 nitrogen and oxygen atoms in total. The number of rotatable bonds is 4. The van der Waals surface area contributed by atoms with Crippen molar-refractivity contribution in [3.05, 3.63) is 48.4 Å². The van der Waals surface area contributed by atoms with Gasteiger partial charge >= 0.3 is 6.03 Å². The van der Waals surface area contributed by atoms with E-state index in [0.29, 0.717) is 10.6 Å². The molecule has 21 heavy (non-hydrogen) atoms. The van der Waals surface area contributed by atoms with Crippen molar-refractivity contribution in [2.24, 2.45) is 0 Å². The van der Waals surface area contributed by atoms with Crippen LogP contribution in [0.2, 0.25) is 0 Å². The maximum atomic E-state index is 12.2. The molecule has 2 amide bonds. The Balaban J connectivity index is 2.07. The van der Waals surface area contributed by atoms with Crippen LogP contribution in [0.3, 0.4) is 0 Å². The minimum atomic E-state index is -1.08. The third-order valence-electron chi connectivity index (χ3n) is 3.27. The Morgan fingerprint density at radius 2 is 2.10 bits per heavy atom. The summed E-state index contributed by atoms with van der Waals surface area (Å²) in [6.45, 7) is 1.88. The monoisotopic (exact) mass is 306 g/mol. The van der Waals surface area contributed by atoms with Crippen LogP contribution in [-0.2, 0) is 10.8 Å². The zero-order valence-electron chi connectivity index (χ0n) is 12.2. The average Bonchev–Trinajstić information content (AvgIpc) is 3.00. The van der Waals surface area contributed by atoms with Gasteiger partial charge in [-0.25, -0.2) is 4.79 Å². The van der Waals surface area contributed by atoms with Crippen molar-refractivity contribution in [1.29, 1.82) is 0 Å². The van der Waals surface area contributed by atoms with Gasteiger partial charge in [0.05, 0.1) is 12.3 Å². The first-order valence-electron chi connectivity index (χ1n) is 6.49. The Bertz CT molecular complexity index is 640. The van der Waals surface area contributed by atoms with E-state index in [-0.39, 0.29) is 12.1 Å². The Kier molecular flexibility index (Phi) is 4.80. The van der Waals surface area contributed by atoms with Gasteiger partial charge in [-0.05, 0) is 37.3 Å². The normalized spacial score (nSPS) is 13.5. The third-order valence-corrected chi connectivity index (χ3v) is 4.19. The molecule has 1 heterocycles. The Morgan fingerprint density at radius 1 is 1.33 bits per heavy atom. The summed E-state index contributed by atoms with van der Waals surface area (Å²) in [5, 5.41) is 2.79. The van der Waals surface area contributed by atoms with Gasteiger partial charge in [0.15, 0.2) is 0 Å². The molecule has 0 bridgehead atoms. The predicted molar refractivity (Wildman–Crippen MR) is 82.7 cm³/mol. The molecule has 112 valence electrons. The number of urea groups is 1. The summed E-state index contributed by atoms with van der Waals surface area (Å²) < 4.78 is 16.8. The van der Waals surface area contributed by atoms with E-state index in [2.05, 4.69) is 5.32 Å². The highest BCUT2D eigenvalue weighted by Gasteiger charge is 2.19. The standard InChI is InChI=1S/C15H18N2O3S/c1-11(14-8-5-9-20-14)17(2)15(18)16-12-6-4-7-13(10-12)21(3)19/h4-11H,1-3H3,(H,16,18)/t11-,21+/m1/s1. The summed E-state index contributed by atoms with van der Waals surface area (Å²) in [4.78, 5) is 14.5. The lowest BCUT2D eigenvalue weighted by Crippen LogP contribution is -2.33. The van der Waals surface area contributed by atoms with Crippen LogP contribution in [0.25, 0.3) is 0 Å². The molecule has 0 unspecified atom stereocenters. The zero-order chi connectivity index (χ0) is 15.4. The summed E-state index contributed by atoms with van der Waals surface area (Å²) in [5.74, 6) is 0.719. The van der Waals surface area contributed by atoms with E-state index >= 15 is 0 Å². The lowest BCUT2D eigenvalue weighted by molar-refractivity contribution is 0.201. The minimum absolute atomic E-state index is 0.177. The van der Waals surface area contributed by atoms with Crippen molar-refractivity contribution >= 4 is 22.5 Å². The number of nitrogens with zero attached hydrogens (tertiary/aromatic N) is 1. The van der Waals surface area contributed by atoms with Crippen molar-refractivity contribution in [2.45, 2.75) is 17.9 Å². The van der Waals surface area contributed by atoms with Gasteiger partial charge in [0.25, 0.3) is 0 Å². The Hall–Kier alpha value is -2.08. The fourth-order valence-corrected chi connectivity index (χ4v) is 2.42. The van der Waals surface area contributed by atoms with Gasteiger partial charge in [0.1, 0.15) is 5.76 Å². The molecule has 1 N–H and O–H groups in total. The molecule has 0 fully saturated rings. The van der Waals surface area contributed by atoms with Crippen LogP contribution in [0.15, 0.2) is 52.0 Å². The second-order valence-corrected chi connectivity index (χ2v) is 6.09. The van der Waals surface area contributed by atoms with Crippen molar-refractivity contribution in [3.63, 3.8) is 0 Å². The van der Waals surface area contributed by atoms with Crippen LogP contribution in [0, 0.1) is 0 Å². The molecular weight excluding hydrogens is 288 g/mol. The molecule has 6 heteroatoms. The van der Waals surface area contributed by atoms with Crippen molar-refractivity contribution in [3.8, 4) is 0 Å². The zero-order valence-corrected chi connectivity index (χ0v) is 13.0. The van der Waals surface area contributed by atoms with Gasteiger partial charge in [-0.2, -0.15) is 0 Å². The minimum Gasteiger partial charge on any atom is -0.467 e. The topological polar surface area (TPSA) is 62.6 Å². The molecule has 0 aliphatic rings. The van der Waals surface area contributed by atoms with Gasteiger partial charge in [0.2, 0.25) is 0 Å². The number of hydrogen-bond acceptors (Lipinski definition) is 3. The summed E-state index contributed by atoms with van der Waals surface area (Å²) in [5.41, 5.74) is 0.617. The number of amides is 2. The molecule has 2 aromatic rings. The summed E-state index contributed by atoms with van der Waals surface area (Å²) in [6, 6.07) is 10.2. The maximum absolute atomic E-state index is 12.2. The molecule has 0 aliphatic carbocycles. The number of anilines is 1. The van der Waals surface area contributed by atoms with Gasteiger partial charge in [-0.15, -0.1) is 0 Å². The van der Waals surface area contributed by atoms with E-state index in [0.717, 1.165) is 5.76 Å². The lowest BCUT2D eigenvalue weighted by atomic mass is 10.2. The van der Waals surface area contributed by atoms with Crippen LogP contribution >= 0.6 is 0 Å². The summed E-state index contributed by atoms with van der Waals surface area (Å²) in [7, 11) is 0.621. The molecule has 2 rings (SSSR count). The highest BCUT2D eigenvalue weighted by molar-refractivity contribution is 7.84. The SMILES string of the molecule is C[C@H](c1ccco1)N(C)C(=O)Nc1cccc([S@](C)=O)c1. The van der Waals surface area contributed by atoms with Crippen molar-refractivity contribution < 1.29 is 13.4 Å². The van der Waals surface area contributed by atoms with Gasteiger partial charge in [-0.3, -0.25) is 4.21 Å². The number of carbonyl (C=O) groups is 1. The van der Waals surface area contributed by atoms with Crippen LogP contribution < -0.4 is 5.32 Å². The second-order valence-electron chi connectivity index (χ2n) is 4.71. The van der Waals surface area contributed by atoms with E-state index < -0.39 is 10.8 Å². The highest BCUT2D eigenvalue weighted by Crippen LogP contribution is 2.20. The number of hydrogen-bond donors (Lipinski definition) is 1. The van der Waals surface area contributed by atoms with E-state index in [1.54, 1.807) is 54.8 Å². The third kappa shape index (κ3) is 3.72. The van der Waals surface area contributed by atoms with E-state index in [1.807, 2.05) is 13.0 Å². The number of benzene rings is 1. The molecule has 0 radical (unpaired) electrons. The molecular formula is C15H18N2O3S. The van der Waals surface area contributed by atoms with Crippen LogP contribution in [0.4, 0.5) is 10.5 Å². The van der Waals surface area contributed by atoms with E-state index in [1.165, 1.54) is 0 Å². The first kappa shape index (κ1) is 15.3. The lowest BCUT2D eigenvalue weighted by Gasteiger charge is -2.23. The van der Waals surface area contributed by atoms with Gasteiger partial charge in [0, 0.05) is 34.7 Å². The van der Waals surface area contributed by atoms with Gasteiger partial charge in [-0.1, -0.05) is 6.07 Å².